The molecule has 1 N–H and O–H groups in total. The van der Waals surface area contributed by atoms with Gasteiger partial charge in [-0.15, -0.1) is 10.2 Å². The maximum absolute atomic E-state index is 13.0. The quantitative estimate of drug-likeness (QED) is 0.414. The summed E-state index contributed by atoms with van der Waals surface area (Å²) in [4.78, 5) is 12.3. The van der Waals surface area contributed by atoms with Crippen LogP contribution in [0.5, 0.6) is 0 Å². The van der Waals surface area contributed by atoms with E-state index in [0.29, 0.717) is 23.9 Å². The van der Waals surface area contributed by atoms with E-state index >= 15 is 0 Å². The summed E-state index contributed by atoms with van der Waals surface area (Å²) in [5, 5.41) is 12.2. The summed E-state index contributed by atoms with van der Waals surface area (Å²) < 4.78 is 20.3. The van der Waals surface area contributed by atoms with Crippen molar-refractivity contribution in [1.82, 2.24) is 20.1 Å². The molecule has 0 aliphatic rings. The summed E-state index contributed by atoms with van der Waals surface area (Å²) >= 11 is 1.32. The Morgan fingerprint density at radius 2 is 1.87 bits per heavy atom. The smallest absolute Gasteiger partial charge is 0.230 e. The molecular weight excluding hydrogens is 415 g/mol. The Hall–Kier alpha value is -3.39. The molecule has 0 radical (unpaired) electrons. The lowest BCUT2D eigenvalue weighted by atomic mass is 10.1. The number of furan rings is 1. The summed E-state index contributed by atoms with van der Waals surface area (Å²) in [7, 11) is 0. The molecule has 6 nitrogen and oxygen atoms in total. The van der Waals surface area contributed by atoms with Crippen LogP contribution in [0.3, 0.4) is 0 Å². The molecule has 0 aliphatic heterocycles. The predicted octanol–water partition coefficient (Wildman–Crippen LogP) is 4.43. The second-order valence-electron chi connectivity index (χ2n) is 6.88. The lowest BCUT2D eigenvalue weighted by molar-refractivity contribution is -0.118. The molecule has 0 spiro atoms. The van der Waals surface area contributed by atoms with E-state index in [-0.39, 0.29) is 17.5 Å². The summed E-state index contributed by atoms with van der Waals surface area (Å²) in [6.07, 6.45) is 2.26. The largest absolute Gasteiger partial charge is 0.469 e. The van der Waals surface area contributed by atoms with Crippen molar-refractivity contribution >= 4 is 17.7 Å². The number of thioether (sulfide) groups is 1. The molecule has 2 aromatic heterocycles. The van der Waals surface area contributed by atoms with Gasteiger partial charge in [-0.2, -0.15) is 0 Å². The first-order chi connectivity index (χ1) is 15.1. The zero-order chi connectivity index (χ0) is 21.6. The van der Waals surface area contributed by atoms with Crippen LogP contribution in [0, 0.1) is 12.7 Å². The zero-order valence-corrected chi connectivity index (χ0v) is 17.7. The Morgan fingerprint density at radius 1 is 1.10 bits per heavy atom. The molecule has 0 bridgehead atoms. The van der Waals surface area contributed by atoms with Crippen molar-refractivity contribution in [2.75, 3.05) is 12.3 Å². The topological polar surface area (TPSA) is 72.9 Å². The number of nitrogens with zero attached hydrogens (tertiary/aromatic N) is 3. The molecule has 4 rings (SSSR count). The molecule has 0 saturated carbocycles. The van der Waals surface area contributed by atoms with Crippen molar-refractivity contribution in [2.24, 2.45) is 0 Å². The lowest BCUT2D eigenvalue weighted by Gasteiger charge is -2.10. The van der Waals surface area contributed by atoms with E-state index in [2.05, 4.69) is 15.5 Å². The predicted molar refractivity (Wildman–Crippen MR) is 118 cm³/mol. The number of aromatic nitrogens is 3. The molecule has 31 heavy (non-hydrogen) atoms. The van der Waals surface area contributed by atoms with Crippen molar-refractivity contribution in [3.05, 3.63) is 84.1 Å². The van der Waals surface area contributed by atoms with Crippen molar-refractivity contribution in [3.8, 4) is 17.1 Å². The van der Waals surface area contributed by atoms with Crippen LogP contribution in [0.2, 0.25) is 0 Å². The number of rotatable bonds is 8. The van der Waals surface area contributed by atoms with Gasteiger partial charge in [0.1, 0.15) is 11.6 Å². The second kappa shape index (κ2) is 9.61. The Kier molecular flexibility index (Phi) is 6.47. The Labute approximate surface area is 183 Å². The molecule has 158 valence electrons. The Balaban J connectivity index is 1.43. The lowest BCUT2D eigenvalue weighted by Crippen LogP contribution is -2.27. The van der Waals surface area contributed by atoms with Gasteiger partial charge in [-0.3, -0.25) is 9.36 Å². The van der Waals surface area contributed by atoms with E-state index < -0.39 is 0 Å². The molecule has 2 aromatic carbocycles. The van der Waals surface area contributed by atoms with Gasteiger partial charge in [-0.05, 0) is 49.2 Å². The second-order valence-corrected chi connectivity index (χ2v) is 7.83. The Morgan fingerprint density at radius 3 is 2.58 bits per heavy atom. The average Bonchev–Trinajstić information content (AvgIpc) is 3.40. The highest BCUT2D eigenvalue weighted by Gasteiger charge is 2.19. The summed E-state index contributed by atoms with van der Waals surface area (Å²) in [5.41, 5.74) is 2.73. The molecule has 0 saturated heterocycles. The van der Waals surface area contributed by atoms with Gasteiger partial charge in [-0.25, -0.2) is 4.39 Å². The number of halogens is 1. The molecular formula is C23H21FN4O2S. The fourth-order valence-electron chi connectivity index (χ4n) is 3.14. The number of hydrogen-bond donors (Lipinski definition) is 1. The van der Waals surface area contributed by atoms with Gasteiger partial charge in [0, 0.05) is 12.2 Å². The zero-order valence-electron chi connectivity index (χ0n) is 16.9. The van der Waals surface area contributed by atoms with Gasteiger partial charge >= 0.3 is 0 Å². The van der Waals surface area contributed by atoms with Crippen LogP contribution in [0.25, 0.3) is 17.1 Å². The number of nitrogens with one attached hydrogen (secondary N) is 1. The molecule has 4 aromatic rings. The first-order valence-electron chi connectivity index (χ1n) is 9.81. The monoisotopic (exact) mass is 436 g/mol. The fourth-order valence-corrected chi connectivity index (χ4v) is 3.92. The highest BCUT2D eigenvalue weighted by molar-refractivity contribution is 7.99. The van der Waals surface area contributed by atoms with Crippen LogP contribution >= 0.6 is 11.8 Å². The van der Waals surface area contributed by atoms with Gasteiger partial charge in [0.25, 0.3) is 0 Å². The van der Waals surface area contributed by atoms with E-state index in [9.17, 15) is 9.18 Å². The number of carbonyl (C=O) groups excluding carboxylic acids is 1. The van der Waals surface area contributed by atoms with Crippen LogP contribution in [-0.4, -0.2) is 33.0 Å². The molecule has 0 aliphatic carbocycles. The van der Waals surface area contributed by atoms with Crippen molar-refractivity contribution in [3.63, 3.8) is 0 Å². The highest BCUT2D eigenvalue weighted by Crippen LogP contribution is 2.30. The number of amides is 1. The highest BCUT2D eigenvalue weighted by atomic mass is 32.2. The molecule has 2 heterocycles. The Bertz CT molecular complexity index is 1160. The first kappa shape index (κ1) is 20.9. The van der Waals surface area contributed by atoms with Crippen molar-refractivity contribution in [2.45, 2.75) is 18.5 Å². The van der Waals surface area contributed by atoms with Gasteiger partial charge in [-0.1, -0.05) is 42.1 Å². The van der Waals surface area contributed by atoms with Crippen molar-refractivity contribution in [1.29, 1.82) is 0 Å². The number of benzene rings is 2. The van der Waals surface area contributed by atoms with Crippen molar-refractivity contribution < 1.29 is 13.6 Å². The summed E-state index contributed by atoms with van der Waals surface area (Å²) in [6.45, 7) is 2.36. The molecule has 8 heteroatoms. The normalized spacial score (nSPS) is 10.9. The maximum Gasteiger partial charge on any atom is 0.230 e. The minimum atomic E-state index is -0.267. The third-order valence-corrected chi connectivity index (χ3v) is 5.66. The van der Waals surface area contributed by atoms with Crippen LogP contribution in [0.4, 0.5) is 4.39 Å². The van der Waals surface area contributed by atoms with Crippen LogP contribution < -0.4 is 5.32 Å². The van der Waals surface area contributed by atoms with Crippen LogP contribution in [-0.2, 0) is 11.2 Å². The van der Waals surface area contributed by atoms with Gasteiger partial charge < -0.3 is 9.73 Å². The van der Waals surface area contributed by atoms with Gasteiger partial charge in [0.15, 0.2) is 11.0 Å². The van der Waals surface area contributed by atoms with Crippen LogP contribution in [0.15, 0.2) is 76.5 Å². The molecule has 1 amide bonds. The van der Waals surface area contributed by atoms with E-state index in [0.717, 1.165) is 22.6 Å². The number of hydrogen-bond acceptors (Lipinski definition) is 5. The standard InChI is InChI=1S/C23H21FN4O2S/c1-16-20(12-14-30-16)22-26-27-23(28(22)19-5-3-2-4-6-19)31-15-21(29)25-13-11-17-7-9-18(24)10-8-17/h2-10,12,14H,11,13,15H2,1H3,(H,25,29). The van der Waals surface area contributed by atoms with E-state index in [1.807, 2.05) is 47.9 Å². The van der Waals surface area contributed by atoms with E-state index in [1.54, 1.807) is 18.4 Å². The third-order valence-electron chi connectivity index (χ3n) is 4.73. The van der Waals surface area contributed by atoms with E-state index in [1.165, 1.54) is 23.9 Å². The maximum atomic E-state index is 13.0. The number of aryl methyl sites for hydroxylation is 1. The number of para-hydroxylation sites is 1. The van der Waals surface area contributed by atoms with Crippen LogP contribution in [0.1, 0.15) is 11.3 Å². The minimum absolute atomic E-state index is 0.101. The summed E-state index contributed by atoms with van der Waals surface area (Å²) in [6, 6.07) is 17.9. The number of carbonyl (C=O) groups is 1. The van der Waals surface area contributed by atoms with Gasteiger partial charge in [0.2, 0.25) is 5.91 Å². The molecule has 0 atom stereocenters. The first-order valence-corrected chi connectivity index (χ1v) is 10.8. The molecule has 0 fully saturated rings. The average molecular weight is 437 g/mol. The summed E-state index contributed by atoms with van der Waals surface area (Å²) in [5.74, 6) is 1.25. The third kappa shape index (κ3) is 5.03. The fraction of sp³-hybridized carbons (Fsp3) is 0.174. The minimum Gasteiger partial charge on any atom is -0.469 e. The SMILES string of the molecule is Cc1occc1-c1nnc(SCC(=O)NCCc2ccc(F)cc2)n1-c1ccccc1. The molecule has 0 unspecified atom stereocenters. The van der Waals surface area contributed by atoms with Gasteiger partial charge in [0.05, 0.1) is 17.6 Å². The van der Waals surface area contributed by atoms with E-state index in [4.69, 9.17) is 4.42 Å².